The Morgan fingerprint density at radius 1 is 1.50 bits per heavy atom. The summed E-state index contributed by atoms with van der Waals surface area (Å²) in [6.45, 7) is 2.39. The molecular formula is C14H21FN4O. The van der Waals surface area contributed by atoms with E-state index in [1.165, 1.54) is 25.0 Å². The van der Waals surface area contributed by atoms with E-state index < -0.39 is 0 Å². The topological polar surface area (TPSA) is 73.9 Å². The molecule has 1 saturated carbocycles. The number of hydrogen-bond donors (Lipinski definition) is 3. The average molecular weight is 280 g/mol. The number of nitrogens with zero attached hydrogens (tertiary/aromatic N) is 2. The Kier molecular flexibility index (Phi) is 4.92. The van der Waals surface area contributed by atoms with Crippen molar-refractivity contribution in [2.75, 3.05) is 20.1 Å². The lowest BCUT2D eigenvalue weighted by atomic mass is 10.1. The van der Waals surface area contributed by atoms with E-state index >= 15 is 0 Å². The minimum atomic E-state index is -0.388. The molecule has 1 aliphatic carbocycles. The molecule has 1 aromatic rings. The quantitative estimate of drug-likeness (QED) is 0.230. The van der Waals surface area contributed by atoms with Crippen molar-refractivity contribution < 1.29 is 9.60 Å². The molecule has 0 bridgehead atoms. The predicted molar refractivity (Wildman–Crippen MR) is 76.3 cm³/mol. The molecule has 0 amide bonds. The van der Waals surface area contributed by atoms with Crippen LogP contribution in [0, 0.1) is 5.82 Å². The van der Waals surface area contributed by atoms with E-state index in [-0.39, 0.29) is 11.7 Å². The Morgan fingerprint density at radius 2 is 2.25 bits per heavy atom. The Balaban J connectivity index is 1.84. The lowest BCUT2D eigenvalue weighted by molar-refractivity contribution is 0.318. The van der Waals surface area contributed by atoms with Gasteiger partial charge in [-0.25, -0.2) is 4.39 Å². The maximum absolute atomic E-state index is 13.4. The monoisotopic (exact) mass is 280 g/mol. The van der Waals surface area contributed by atoms with Gasteiger partial charge in [-0.3, -0.25) is 0 Å². The second kappa shape index (κ2) is 6.67. The number of rotatable bonds is 7. The standard InChI is InChI=1S/C14H21FN4O/c1-19(13-2-3-13)5-4-17-9-10-6-11(14(16)18-20)8-12(15)7-10/h6-8,13,17,20H,2-5,9H2,1H3,(H2,16,18). The van der Waals surface area contributed by atoms with Gasteiger partial charge in [-0.05, 0) is 43.7 Å². The van der Waals surface area contributed by atoms with Crippen LogP contribution in [0.1, 0.15) is 24.0 Å². The van der Waals surface area contributed by atoms with E-state index in [0.29, 0.717) is 12.1 Å². The smallest absolute Gasteiger partial charge is 0.170 e. The van der Waals surface area contributed by atoms with Gasteiger partial charge in [0.2, 0.25) is 0 Å². The first-order valence-electron chi connectivity index (χ1n) is 6.78. The van der Waals surface area contributed by atoms with E-state index in [2.05, 4.69) is 22.4 Å². The fraction of sp³-hybridized carbons (Fsp3) is 0.500. The van der Waals surface area contributed by atoms with Gasteiger partial charge in [-0.15, -0.1) is 0 Å². The van der Waals surface area contributed by atoms with Crippen LogP contribution in [-0.2, 0) is 6.54 Å². The third-order valence-corrected chi connectivity index (χ3v) is 3.50. The summed E-state index contributed by atoms with van der Waals surface area (Å²) in [5.41, 5.74) is 6.64. The Labute approximate surface area is 118 Å². The highest BCUT2D eigenvalue weighted by Gasteiger charge is 2.25. The first kappa shape index (κ1) is 14.7. The van der Waals surface area contributed by atoms with Crippen molar-refractivity contribution in [1.29, 1.82) is 0 Å². The molecule has 0 aliphatic heterocycles. The van der Waals surface area contributed by atoms with Crippen molar-refractivity contribution in [2.45, 2.75) is 25.4 Å². The van der Waals surface area contributed by atoms with Gasteiger partial charge in [0.25, 0.3) is 0 Å². The predicted octanol–water partition coefficient (Wildman–Crippen LogP) is 1.10. The lowest BCUT2D eigenvalue weighted by Gasteiger charge is -2.15. The van der Waals surface area contributed by atoms with Gasteiger partial charge in [-0.1, -0.05) is 5.16 Å². The third kappa shape index (κ3) is 4.18. The molecule has 1 fully saturated rings. The minimum absolute atomic E-state index is 0.0841. The van der Waals surface area contributed by atoms with Crippen LogP contribution in [0.4, 0.5) is 4.39 Å². The molecule has 0 heterocycles. The average Bonchev–Trinajstić information content (AvgIpc) is 3.26. The number of benzene rings is 1. The van der Waals surface area contributed by atoms with Gasteiger partial charge >= 0.3 is 0 Å². The first-order chi connectivity index (χ1) is 9.60. The van der Waals surface area contributed by atoms with E-state index in [1.54, 1.807) is 6.07 Å². The molecule has 20 heavy (non-hydrogen) atoms. The summed E-state index contributed by atoms with van der Waals surface area (Å²) < 4.78 is 13.4. The van der Waals surface area contributed by atoms with Crippen molar-refractivity contribution >= 4 is 5.84 Å². The molecule has 0 radical (unpaired) electrons. The number of halogens is 1. The summed E-state index contributed by atoms with van der Waals surface area (Å²) in [7, 11) is 2.12. The Bertz CT molecular complexity index is 488. The van der Waals surface area contributed by atoms with Gasteiger partial charge in [0.05, 0.1) is 0 Å². The van der Waals surface area contributed by atoms with Crippen LogP contribution < -0.4 is 11.1 Å². The van der Waals surface area contributed by atoms with Crippen LogP contribution in [-0.4, -0.2) is 42.1 Å². The van der Waals surface area contributed by atoms with Crippen molar-refractivity contribution in [3.8, 4) is 0 Å². The maximum Gasteiger partial charge on any atom is 0.170 e. The molecule has 0 spiro atoms. The van der Waals surface area contributed by atoms with E-state index in [9.17, 15) is 4.39 Å². The first-order valence-corrected chi connectivity index (χ1v) is 6.78. The lowest BCUT2D eigenvalue weighted by Crippen LogP contribution is -2.30. The van der Waals surface area contributed by atoms with Crippen molar-refractivity contribution in [3.05, 3.63) is 35.1 Å². The number of nitrogens with one attached hydrogen (secondary N) is 1. The molecule has 1 aromatic carbocycles. The fourth-order valence-electron chi connectivity index (χ4n) is 2.14. The summed E-state index contributed by atoms with van der Waals surface area (Å²) in [4.78, 5) is 2.33. The van der Waals surface area contributed by atoms with Gasteiger partial charge in [0.1, 0.15) is 5.82 Å². The van der Waals surface area contributed by atoms with Gasteiger partial charge < -0.3 is 21.2 Å². The second-order valence-corrected chi connectivity index (χ2v) is 5.22. The van der Waals surface area contributed by atoms with Crippen molar-refractivity contribution in [2.24, 2.45) is 10.9 Å². The molecular weight excluding hydrogens is 259 g/mol. The minimum Gasteiger partial charge on any atom is -0.409 e. The SMILES string of the molecule is CN(CCNCc1cc(F)cc(/C(N)=N/O)c1)C1CC1. The number of amidine groups is 1. The summed E-state index contributed by atoms with van der Waals surface area (Å²) in [5, 5.41) is 14.8. The zero-order chi connectivity index (χ0) is 14.5. The van der Waals surface area contributed by atoms with Crippen LogP contribution in [0.25, 0.3) is 0 Å². The number of nitrogens with two attached hydrogens (primary N) is 1. The van der Waals surface area contributed by atoms with Crippen LogP contribution in [0.2, 0.25) is 0 Å². The number of hydrogen-bond acceptors (Lipinski definition) is 4. The summed E-state index contributed by atoms with van der Waals surface area (Å²) in [6.07, 6.45) is 2.59. The molecule has 0 aromatic heterocycles. The highest BCUT2D eigenvalue weighted by molar-refractivity contribution is 5.97. The highest BCUT2D eigenvalue weighted by atomic mass is 19.1. The fourth-order valence-corrected chi connectivity index (χ4v) is 2.14. The largest absolute Gasteiger partial charge is 0.409 e. The van der Waals surface area contributed by atoms with Crippen LogP contribution >= 0.6 is 0 Å². The number of likely N-dealkylation sites (N-methyl/N-ethyl adjacent to an activating group) is 1. The van der Waals surface area contributed by atoms with E-state index in [4.69, 9.17) is 10.9 Å². The molecule has 2 rings (SSSR count). The van der Waals surface area contributed by atoms with Crippen molar-refractivity contribution in [1.82, 2.24) is 10.2 Å². The van der Waals surface area contributed by atoms with Gasteiger partial charge in [-0.2, -0.15) is 0 Å². The zero-order valence-corrected chi connectivity index (χ0v) is 11.6. The summed E-state index contributed by atoms with van der Waals surface area (Å²) in [6, 6.07) is 5.17. The Morgan fingerprint density at radius 3 is 2.90 bits per heavy atom. The molecule has 1 aliphatic rings. The van der Waals surface area contributed by atoms with Gasteiger partial charge in [0, 0.05) is 31.2 Å². The third-order valence-electron chi connectivity index (χ3n) is 3.50. The Hall–Kier alpha value is -1.66. The van der Waals surface area contributed by atoms with Crippen LogP contribution in [0.15, 0.2) is 23.4 Å². The highest BCUT2D eigenvalue weighted by Crippen LogP contribution is 2.24. The van der Waals surface area contributed by atoms with Crippen LogP contribution in [0.3, 0.4) is 0 Å². The van der Waals surface area contributed by atoms with E-state index in [0.717, 1.165) is 24.7 Å². The van der Waals surface area contributed by atoms with E-state index in [1.807, 2.05) is 0 Å². The molecule has 0 unspecified atom stereocenters. The molecule has 0 atom stereocenters. The molecule has 110 valence electrons. The molecule has 6 heteroatoms. The van der Waals surface area contributed by atoms with Crippen molar-refractivity contribution in [3.63, 3.8) is 0 Å². The van der Waals surface area contributed by atoms with Gasteiger partial charge in [0.15, 0.2) is 5.84 Å². The van der Waals surface area contributed by atoms with Crippen LogP contribution in [0.5, 0.6) is 0 Å². The molecule has 4 N–H and O–H groups in total. The summed E-state index contributed by atoms with van der Waals surface area (Å²) >= 11 is 0. The normalized spacial score (nSPS) is 15.8. The second-order valence-electron chi connectivity index (χ2n) is 5.22. The molecule has 0 saturated heterocycles. The summed E-state index contributed by atoms with van der Waals surface area (Å²) in [5.74, 6) is -0.472. The number of oxime groups is 1. The zero-order valence-electron chi connectivity index (χ0n) is 11.6. The molecule has 5 nitrogen and oxygen atoms in total. The maximum atomic E-state index is 13.4.